The van der Waals surface area contributed by atoms with Crippen molar-refractivity contribution in [2.75, 3.05) is 0 Å². The number of rotatable bonds is 4. The van der Waals surface area contributed by atoms with Crippen LogP contribution in [0.3, 0.4) is 0 Å². The molecule has 1 aliphatic carbocycles. The van der Waals surface area contributed by atoms with Crippen molar-refractivity contribution in [3.8, 4) is 11.1 Å². The largest absolute Gasteiger partial charge is 0.310 e. The first kappa shape index (κ1) is 13.5. The van der Waals surface area contributed by atoms with Gasteiger partial charge in [-0.2, -0.15) is 0 Å². The summed E-state index contributed by atoms with van der Waals surface area (Å²) in [6, 6.07) is 9.54. The Labute approximate surface area is 121 Å². The van der Waals surface area contributed by atoms with Gasteiger partial charge in [0, 0.05) is 29.2 Å². The molecule has 0 atom stereocenters. The van der Waals surface area contributed by atoms with Gasteiger partial charge >= 0.3 is 0 Å². The lowest BCUT2D eigenvalue weighted by atomic mass is 10.0. The SMILES string of the molecule is Fc1ccc(-c2ccc(Cl)c(CNC3CC3)c2)c(F)c1. The number of nitrogens with one attached hydrogen (secondary N) is 1. The average Bonchev–Trinajstić information content (AvgIpc) is 3.22. The Bertz CT molecular complexity index is 638. The van der Waals surface area contributed by atoms with E-state index in [0.29, 0.717) is 28.7 Å². The second-order valence-corrected chi connectivity index (χ2v) is 5.49. The Morgan fingerprint density at radius 3 is 2.60 bits per heavy atom. The summed E-state index contributed by atoms with van der Waals surface area (Å²) in [5.74, 6) is -1.13. The van der Waals surface area contributed by atoms with Crippen LogP contribution in [0.2, 0.25) is 5.02 Å². The van der Waals surface area contributed by atoms with Crippen molar-refractivity contribution in [1.82, 2.24) is 5.32 Å². The fraction of sp³-hybridized carbons (Fsp3) is 0.250. The van der Waals surface area contributed by atoms with Gasteiger partial charge in [-0.1, -0.05) is 17.7 Å². The summed E-state index contributed by atoms with van der Waals surface area (Å²) in [5, 5.41) is 4.03. The van der Waals surface area contributed by atoms with Gasteiger partial charge in [0.1, 0.15) is 11.6 Å². The molecule has 0 aromatic heterocycles. The molecule has 104 valence electrons. The van der Waals surface area contributed by atoms with Gasteiger partial charge in [0.05, 0.1) is 0 Å². The highest BCUT2D eigenvalue weighted by Crippen LogP contribution is 2.28. The van der Waals surface area contributed by atoms with Gasteiger partial charge in [0.2, 0.25) is 0 Å². The van der Waals surface area contributed by atoms with Crippen LogP contribution in [0.4, 0.5) is 8.78 Å². The third-order valence-electron chi connectivity index (χ3n) is 3.45. The van der Waals surface area contributed by atoms with Crippen molar-refractivity contribution in [3.63, 3.8) is 0 Å². The van der Waals surface area contributed by atoms with Gasteiger partial charge in [0.15, 0.2) is 0 Å². The lowest BCUT2D eigenvalue weighted by molar-refractivity contribution is 0.585. The summed E-state index contributed by atoms with van der Waals surface area (Å²) < 4.78 is 26.8. The fourth-order valence-corrected chi connectivity index (χ4v) is 2.33. The molecule has 1 nitrogen and oxygen atoms in total. The molecule has 0 saturated heterocycles. The maximum Gasteiger partial charge on any atom is 0.133 e. The van der Waals surface area contributed by atoms with Crippen LogP contribution in [0.1, 0.15) is 18.4 Å². The van der Waals surface area contributed by atoms with Crippen LogP contribution in [0.25, 0.3) is 11.1 Å². The molecule has 0 amide bonds. The molecule has 1 aliphatic rings. The van der Waals surface area contributed by atoms with E-state index in [2.05, 4.69) is 5.32 Å². The summed E-state index contributed by atoms with van der Waals surface area (Å²) in [5.41, 5.74) is 2.02. The van der Waals surface area contributed by atoms with Crippen LogP contribution in [-0.4, -0.2) is 6.04 Å². The zero-order chi connectivity index (χ0) is 14.1. The van der Waals surface area contributed by atoms with Crippen LogP contribution >= 0.6 is 11.6 Å². The summed E-state index contributed by atoms with van der Waals surface area (Å²) in [4.78, 5) is 0. The summed E-state index contributed by atoms with van der Waals surface area (Å²) >= 11 is 6.16. The first-order valence-electron chi connectivity index (χ1n) is 6.61. The molecule has 0 aliphatic heterocycles. The molecular weight excluding hydrogens is 280 g/mol. The lowest BCUT2D eigenvalue weighted by Gasteiger charge is -2.09. The number of benzene rings is 2. The Kier molecular flexibility index (Phi) is 3.72. The first-order valence-corrected chi connectivity index (χ1v) is 6.98. The predicted molar refractivity (Wildman–Crippen MR) is 76.7 cm³/mol. The van der Waals surface area contributed by atoms with E-state index in [9.17, 15) is 8.78 Å². The molecule has 0 spiro atoms. The number of hydrogen-bond acceptors (Lipinski definition) is 1. The molecule has 2 aromatic rings. The molecule has 2 aromatic carbocycles. The second-order valence-electron chi connectivity index (χ2n) is 5.09. The first-order chi connectivity index (χ1) is 9.63. The Balaban J connectivity index is 1.90. The van der Waals surface area contributed by atoms with E-state index >= 15 is 0 Å². The second kappa shape index (κ2) is 5.51. The smallest absolute Gasteiger partial charge is 0.133 e. The molecular formula is C16H14ClF2N. The number of hydrogen-bond donors (Lipinski definition) is 1. The van der Waals surface area contributed by atoms with Crippen molar-refractivity contribution in [2.45, 2.75) is 25.4 Å². The highest BCUT2D eigenvalue weighted by molar-refractivity contribution is 6.31. The molecule has 1 saturated carbocycles. The van der Waals surface area contributed by atoms with Crippen molar-refractivity contribution >= 4 is 11.6 Å². The third kappa shape index (κ3) is 3.00. The van der Waals surface area contributed by atoms with Crippen molar-refractivity contribution in [1.29, 1.82) is 0 Å². The van der Waals surface area contributed by atoms with E-state index in [1.165, 1.54) is 25.0 Å². The Morgan fingerprint density at radius 1 is 1.10 bits per heavy atom. The van der Waals surface area contributed by atoms with Gasteiger partial charge in [-0.25, -0.2) is 8.78 Å². The molecule has 0 bridgehead atoms. The monoisotopic (exact) mass is 293 g/mol. The fourth-order valence-electron chi connectivity index (χ4n) is 2.14. The quantitative estimate of drug-likeness (QED) is 0.873. The summed E-state index contributed by atoms with van der Waals surface area (Å²) in [7, 11) is 0. The minimum atomic E-state index is -0.573. The molecule has 3 rings (SSSR count). The van der Waals surface area contributed by atoms with Crippen LogP contribution in [0.15, 0.2) is 36.4 Å². The van der Waals surface area contributed by atoms with E-state index in [4.69, 9.17) is 11.6 Å². The number of halogens is 3. The standard InChI is InChI=1S/C16H14ClF2N/c17-15-6-1-10(7-11(15)9-20-13-3-4-13)14-5-2-12(18)8-16(14)19/h1-2,5-8,13,20H,3-4,9H2. The van der Waals surface area contributed by atoms with E-state index < -0.39 is 11.6 Å². The average molecular weight is 294 g/mol. The minimum Gasteiger partial charge on any atom is -0.310 e. The maximum atomic E-state index is 13.8. The van der Waals surface area contributed by atoms with E-state index in [1.54, 1.807) is 12.1 Å². The lowest BCUT2D eigenvalue weighted by Crippen LogP contribution is -2.15. The molecule has 0 unspecified atom stereocenters. The normalized spacial score (nSPS) is 14.6. The Morgan fingerprint density at radius 2 is 1.90 bits per heavy atom. The highest BCUT2D eigenvalue weighted by Gasteiger charge is 2.20. The Hall–Kier alpha value is -1.45. The van der Waals surface area contributed by atoms with E-state index in [1.807, 2.05) is 6.07 Å². The van der Waals surface area contributed by atoms with Crippen LogP contribution in [-0.2, 0) is 6.54 Å². The molecule has 0 radical (unpaired) electrons. The summed E-state index contributed by atoms with van der Waals surface area (Å²) in [6.45, 7) is 0.667. The zero-order valence-corrected chi connectivity index (χ0v) is 11.6. The highest BCUT2D eigenvalue weighted by atomic mass is 35.5. The van der Waals surface area contributed by atoms with Crippen LogP contribution in [0, 0.1) is 11.6 Å². The van der Waals surface area contributed by atoms with E-state index in [0.717, 1.165) is 11.6 Å². The van der Waals surface area contributed by atoms with E-state index in [-0.39, 0.29) is 0 Å². The van der Waals surface area contributed by atoms with Gasteiger partial charge in [-0.05, 0) is 48.2 Å². The third-order valence-corrected chi connectivity index (χ3v) is 3.82. The van der Waals surface area contributed by atoms with Crippen molar-refractivity contribution in [2.24, 2.45) is 0 Å². The predicted octanol–water partition coefficient (Wildman–Crippen LogP) is 4.54. The topological polar surface area (TPSA) is 12.0 Å². The molecule has 4 heteroatoms. The minimum absolute atomic E-state index is 0.385. The van der Waals surface area contributed by atoms with Crippen molar-refractivity contribution < 1.29 is 8.78 Å². The van der Waals surface area contributed by atoms with Gasteiger partial charge in [-0.3, -0.25) is 0 Å². The van der Waals surface area contributed by atoms with Crippen LogP contribution in [0.5, 0.6) is 0 Å². The van der Waals surface area contributed by atoms with Gasteiger partial charge in [-0.15, -0.1) is 0 Å². The molecule has 1 N–H and O–H groups in total. The maximum absolute atomic E-state index is 13.8. The van der Waals surface area contributed by atoms with Gasteiger partial charge in [0.25, 0.3) is 0 Å². The zero-order valence-electron chi connectivity index (χ0n) is 10.8. The summed E-state index contributed by atoms with van der Waals surface area (Å²) in [6.07, 6.45) is 2.40. The van der Waals surface area contributed by atoms with Crippen LogP contribution < -0.4 is 5.32 Å². The van der Waals surface area contributed by atoms with Gasteiger partial charge < -0.3 is 5.32 Å². The van der Waals surface area contributed by atoms with Crippen molar-refractivity contribution in [3.05, 3.63) is 58.6 Å². The molecule has 0 heterocycles. The molecule has 1 fully saturated rings. The molecule has 20 heavy (non-hydrogen) atoms.